The lowest BCUT2D eigenvalue weighted by Crippen LogP contribution is -2.21. The lowest BCUT2D eigenvalue weighted by Gasteiger charge is -2.10. The number of hydrogen-bond acceptors (Lipinski definition) is 4. The Morgan fingerprint density at radius 1 is 1.00 bits per heavy atom. The van der Waals surface area contributed by atoms with Crippen LogP contribution in [0.2, 0.25) is 0 Å². The molecule has 2 aromatic carbocycles. The third kappa shape index (κ3) is 4.24. The number of nitrogens with one attached hydrogen (secondary N) is 2. The molecule has 0 saturated heterocycles. The molecule has 0 bridgehead atoms. The second-order valence-corrected chi connectivity index (χ2v) is 5.58. The van der Waals surface area contributed by atoms with Crippen molar-refractivity contribution in [1.82, 2.24) is 5.43 Å². The van der Waals surface area contributed by atoms with Gasteiger partial charge in [-0.2, -0.15) is 5.10 Å². The normalized spacial score (nSPS) is 10.7. The van der Waals surface area contributed by atoms with Gasteiger partial charge in [0.25, 0.3) is 11.8 Å². The van der Waals surface area contributed by atoms with Gasteiger partial charge in [-0.3, -0.25) is 9.59 Å². The topological polar surface area (TPSA) is 83.7 Å². The summed E-state index contributed by atoms with van der Waals surface area (Å²) in [7, 11) is 0. The molecule has 0 aliphatic heterocycles. The first-order valence-corrected chi connectivity index (χ1v) is 7.97. The molecule has 0 atom stereocenters. The maximum absolute atomic E-state index is 12.4. The molecule has 2 N–H and O–H groups in total. The standard InChI is InChI=1S/C20H17N3O3/c1-14-6-4-7-15(12-14)19(24)22-18-10-3-2-9-17(18)20(25)23-21-13-16-8-5-11-26-16/h2-13H,1H3,(H,22,24)(H,23,25)/b21-13-. The summed E-state index contributed by atoms with van der Waals surface area (Å²) in [6.45, 7) is 1.91. The van der Waals surface area contributed by atoms with Gasteiger partial charge >= 0.3 is 0 Å². The molecule has 1 heterocycles. The van der Waals surface area contributed by atoms with Crippen LogP contribution in [0, 0.1) is 6.92 Å². The number of carbonyl (C=O) groups is 2. The Hall–Kier alpha value is -3.67. The number of para-hydroxylation sites is 1. The van der Waals surface area contributed by atoms with Crippen molar-refractivity contribution in [3.8, 4) is 0 Å². The smallest absolute Gasteiger partial charge is 0.273 e. The minimum Gasteiger partial charge on any atom is -0.463 e. The number of aryl methyl sites for hydroxylation is 1. The van der Waals surface area contributed by atoms with Crippen molar-refractivity contribution in [3.63, 3.8) is 0 Å². The average Bonchev–Trinajstić information content (AvgIpc) is 3.15. The third-order valence-corrected chi connectivity index (χ3v) is 3.60. The number of anilines is 1. The molecule has 0 aliphatic rings. The van der Waals surface area contributed by atoms with E-state index < -0.39 is 5.91 Å². The number of amides is 2. The van der Waals surface area contributed by atoms with Crippen LogP contribution in [-0.4, -0.2) is 18.0 Å². The molecule has 26 heavy (non-hydrogen) atoms. The van der Waals surface area contributed by atoms with Crippen molar-refractivity contribution in [1.29, 1.82) is 0 Å². The highest BCUT2D eigenvalue weighted by molar-refractivity contribution is 6.09. The zero-order valence-electron chi connectivity index (χ0n) is 14.1. The van der Waals surface area contributed by atoms with Crippen LogP contribution in [0.3, 0.4) is 0 Å². The molecule has 1 aromatic heterocycles. The van der Waals surface area contributed by atoms with Gasteiger partial charge in [0, 0.05) is 5.56 Å². The summed E-state index contributed by atoms with van der Waals surface area (Å²) in [4.78, 5) is 24.8. The van der Waals surface area contributed by atoms with Crippen LogP contribution in [0.15, 0.2) is 76.4 Å². The van der Waals surface area contributed by atoms with Gasteiger partial charge in [-0.05, 0) is 43.3 Å². The molecule has 2 amide bonds. The minimum atomic E-state index is -0.437. The van der Waals surface area contributed by atoms with E-state index in [4.69, 9.17) is 4.42 Å². The van der Waals surface area contributed by atoms with Crippen LogP contribution in [0.1, 0.15) is 32.0 Å². The van der Waals surface area contributed by atoms with E-state index in [0.29, 0.717) is 22.6 Å². The minimum absolute atomic E-state index is 0.284. The number of nitrogens with zero attached hydrogens (tertiary/aromatic N) is 1. The van der Waals surface area contributed by atoms with E-state index in [0.717, 1.165) is 5.56 Å². The molecule has 6 heteroatoms. The van der Waals surface area contributed by atoms with Crippen molar-refractivity contribution in [2.24, 2.45) is 5.10 Å². The Bertz CT molecular complexity index is 946. The Morgan fingerprint density at radius 3 is 2.62 bits per heavy atom. The largest absolute Gasteiger partial charge is 0.463 e. The number of benzene rings is 2. The molecule has 0 saturated carbocycles. The monoisotopic (exact) mass is 347 g/mol. The number of hydrazone groups is 1. The summed E-state index contributed by atoms with van der Waals surface area (Å²) in [5.41, 5.74) is 4.64. The first-order chi connectivity index (χ1) is 12.6. The quantitative estimate of drug-likeness (QED) is 0.546. The lowest BCUT2D eigenvalue weighted by molar-refractivity contribution is 0.0956. The van der Waals surface area contributed by atoms with Crippen molar-refractivity contribution < 1.29 is 14.0 Å². The molecule has 0 spiro atoms. The second kappa shape index (κ2) is 7.94. The average molecular weight is 347 g/mol. The van der Waals surface area contributed by atoms with Crippen molar-refractivity contribution in [2.45, 2.75) is 6.92 Å². The molecular weight excluding hydrogens is 330 g/mol. The Kier molecular flexibility index (Phi) is 5.24. The molecular formula is C20H17N3O3. The molecule has 0 radical (unpaired) electrons. The van der Waals surface area contributed by atoms with E-state index in [1.54, 1.807) is 48.5 Å². The summed E-state index contributed by atoms with van der Waals surface area (Å²) in [5, 5.41) is 6.62. The maximum Gasteiger partial charge on any atom is 0.273 e. The Balaban J connectivity index is 1.73. The summed E-state index contributed by atoms with van der Waals surface area (Å²) in [6.07, 6.45) is 2.91. The van der Waals surface area contributed by atoms with E-state index in [-0.39, 0.29) is 5.91 Å². The fourth-order valence-electron chi connectivity index (χ4n) is 2.35. The van der Waals surface area contributed by atoms with E-state index >= 15 is 0 Å². The predicted molar refractivity (Wildman–Crippen MR) is 99.3 cm³/mol. The van der Waals surface area contributed by atoms with E-state index in [1.165, 1.54) is 12.5 Å². The highest BCUT2D eigenvalue weighted by Gasteiger charge is 2.13. The summed E-state index contributed by atoms with van der Waals surface area (Å²) in [6, 6.07) is 17.4. The number of carbonyl (C=O) groups excluding carboxylic acids is 2. The fourth-order valence-corrected chi connectivity index (χ4v) is 2.35. The van der Waals surface area contributed by atoms with Crippen LogP contribution >= 0.6 is 0 Å². The van der Waals surface area contributed by atoms with Crippen molar-refractivity contribution in [2.75, 3.05) is 5.32 Å². The summed E-state index contributed by atoms with van der Waals surface area (Å²) < 4.78 is 5.10. The van der Waals surface area contributed by atoms with Gasteiger partial charge in [-0.15, -0.1) is 0 Å². The van der Waals surface area contributed by atoms with Crippen LogP contribution in [0.5, 0.6) is 0 Å². The molecule has 3 aromatic rings. The number of hydrogen-bond donors (Lipinski definition) is 2. The lowest BCUT2D eigenvalue weighted by atomic mass is 10.1. The second-order valence-electron chi connectivity index (χ2n) is 5.58. The van der Waals surface area contributed by atoms with Crippen LogP contribution in [-0.2, 0) is 0 Å². The predicted octanol–water partition coefficient (Wildman–Crippen LogP) is 3.60. The zero-order chi connectivity index (χ0) is 18.4. The molecule has 6 nitrogen and oxygen atoms in total. The third-order valence-electron chi connectivity index (χ3n) is 3.60. The summed E-state index contributed by atoms with van der Waals surface area (Å²) in [5.74, 6) is -0.202. The SMILES string of the molecule is Cc1cccc(C(=O)Nc2ccccc2C(=O)N/N=C\c2ccco2)c1. The van der Waals surface area contributed by atoms with Gasteiger partial charge in [-0.25, -0.2) is 5.43 Å². The first-order valence-electron chi connectivity index (χ1n) is 7.97. The number of furan rings is 1. The van der Waals surface area contributed by atoms with Gasteiger partial charge in [0.1, 0.15) is 5.76 Å². The van der Waals surface area contributed by atoms with Gasteiger partial charge in [-0.1, -0.05) is 29.8 Å². The Morgan fingerprint density at radius 2 is 1.85 bits per heavy atom. The molecule has 0 fully saturated rings. The zero-order valence-corrected chi connectivity index (χ0v) is 14.1. The van der Waals surface area contributed by atoms with Gasteiger partial charge in [0.15, 0.2) is 0 Å². The molecule has 130 valence electrons. The van der Waals surface area contributed by atoms with Gasteiger partial charge in [0.05, 0.1) is 23.7 Å². The molecule has 3 rings (SSSR count). The molecule has 0 aliphatic carbocycles. The Labute approximate surface area is 150 Å². The van der Waals surface area contributed by atoms with Crippen LogP contribution < -0.4 is 10.7 Å². The first kappa shape index (κ1) is 17.2. The van der Waals surface area contributed by atoms with Gasteiger partial charge < -0.3 is 9.73 Å². The fraction of sp³-hybridized carbons (Fsp3) is 0.0500. The van der Waals surface area contributed by atoms with E-state index in [2.05, 4.69) is 15.8 Å². The van der Waals surface area contributed by atoms with E-state index in [1.807, 2.05) is 19.1 Å². The van der Waals surface area contributed by atoms with E-state index in [9.17, 15) is 9.59 Å². The molecule has 0 unspecified atom stereocenters. The number of rotatable bonds is 5. The van der Waals surface area contributed by atoms with Crippen LogP contribution in [0.25, 0.3) is 0 Å². The maximum atomic E-state index is 12.4. The highest BCUT2D eigenvalue weighted by Crippen LogP contribution is 2.16. The summed E-state index contributed by atoms with van der Waals surface area (Å²) >= 11 is 0. The van der Waals surface area contributed by atoms with Crippen LogP contribution in [0.4, 0.5) is 5.69 Å². The van der Waals surface area contributed by atoms with Gasteiger partial charge in [0.2, 0.25) is 0 Å². The van der Waals surface area contributed by atoms with Crippen molar-refractivity contribution in [3.05, 3.63) is 89.4 Å². The highest BCUT2D eigenvalue weighted by atomic mass is 16.3. The van der Waals surface area contributed by atoms with Crippen molar-refractivity contribution >= 4 is 23.7 Å².